The number of nitrogens with zero attached hydrogens (tertiary/aromatic N) is 1. The molecule has 3 N–H and O–H groups in total. The van der Waals surface area contributed by atoms with Crippen molar-refractivity contribution in [3.05, 3.63) is 64.2 Å². The summed E-state index contributed by atoms with van der Waals surface area (Å²) in [5.74, 6) is 5.15. The van der Waals surface area contributed by atoms with Gasteiger partial charge in [-0.25, -0.2) is 9.82 Å². The van der Waals surface area contributed by atoms with Gasteiger partial charge in [0.1, 0.15) is 5.82 Å². The normalized spacial score (nSPS) is 12.4. The molecule has 1 atom stereocenters. The second-order valence-corrected chi connectivity index (χ2v) is 4.45. The fourth-order valence-corrected chi connectivity index (χ4v) is 1.94. The fraction of sp³-hybridized carbons (Fsp3) is 0.154. The zero-order valence-electron chi connectivity index (χ0n) is 9.82. The molecule has 2 rings (SSSR count). The lowest BCUT2D eigenvalue weighted by molar-refractivity contribution is 0.597. The van der Waals surface area contributed by atoms with Crippen molar-refractivity contribution in [3.63, 3.8) is 0 Å². The predicted molar refractivity (Wildman–Crippen MR) is 69.6 cm³/mol. The van der Waals surface area contributed by atoms with E-state index in [1.165, 1.54) is 6.07 Å². The van der Waals surface area contributed by atoms with Gasteiger partial charge in [0, 0.05) is 11.2 Å². The third-order valence-corrected chi connectivity index (χ3v) is 3.17. The highest BCUT2D eigenvalue weighted by atomic mass is 35.5. The highest BCUT2D eigenvalue weighted by molar-refractivity contribution is 6.31. The molecule has 3 nitrogen and oxygen atoms in total. The van der Waals surface area contributed by atoms with E-state index in [1.54, 1.807) is 12.3 Å². The van der Waals surface area contributed by atoms with Gasteiger partial charge in [-0.3, -0.25) is 10.8 Å². The molecular formula is C13H13ClFN3. The minimum atomic E-state index is -0.390. The van der Waals surface area contributed by atoms with Crippen molar-refractivity contribution >= 4 is 11.6 Å². The Kier molecular flexibility index (Phi) is 3.91. The molecule has 0 spiro atoms. The van der Waals surface area contributed by atoms with Crippen molar-refractivity contribution in [1.29, 1.82) is 0 Å². The number of nitrogens with two attached hydrogens (primary N) is 1. The lowest BCUT2D eigenvalue weighted by Gasteiger charge is -2.17. The Balaban J connectivity index is 2.42. The zero-order chi connectivity index (χ0) is 13.1. The number of hydrazine groups is 1. The summed E-state index contributed by atoms with van der Waals surface area (Å²) in [6, 6.07) is 6.65. The van der Waals surface area contributed by atoms with Crippen LogP contribution < -0.4 is 11.3 Å². The van der Waals surface area contributed by atoms with Gasteiger partial charge >= 0.3 is 0 Å². The lowest BCUT2D eigenvalue weighted by atomic mass is 9.99. The van der Waals surface area contributed by atoms with E-state index in [2.05, 4.69) is 10.4 Å². The van der Waals surface area contributed by atoms with Crippen LogP contribution in [0.25, 0.3) is 0 Å². The van der Waals surface area contributed by atoms with Crippen molar-refractivity contribution < 1.29 is 4.39 Å². The second-order valence-electron chi connectivity index (χ2n) is 4.04. The number of pyridine rings is 1. The van der Waals surface area contributed by atoms with Gasteiger partial charge in [0.15, 0.2) is 0 Å². The summed E-state index contributed by atoms with van der Waals surface area (Å²) >= 11 is 5.98. The van der Waals surface area contributed by atoms with Gasteiger partial charge in [-0.05, 0) is 35.7 Å². The number of halogens is 2. The van der Waals surface area contributed by atoms with E-state index in [0.29, 0.717) is 10.6 Å². The average molecular weight is 266 g/mol. The number of benzene rings is 1. The van der Waals surface area contributed by atoms with Gasteiger partial charge in [0.05, 0.1) is 12.2 Å². The Morgan fingerprint density at radius 1 is 1.28 bits per heavy atom. The maximum atomic E-state index is 13.2. The molecule has 0 aliphatic rings. The Hall–Kier alpha value is -1.49. The van der Waals surface area contributed by atoms with Gasteiger partial charge in [0.25, 0.3) is 0 Å². The van der Waals surface area contributed by atoms with Gasteiger partial charge in [-0.1, -0.05) is 23.7 Å². The van der Waals surface area contributed by atoms with Gasteiger partial charge in [-0.15, -0.1) is 0 Å². The molecule has 2 aromatic rings. The van der Waals surface area contributed by atoms with Crippen LogP contribution in [0.1, 0.15) is 22.7 Å². The monoisotopic (exact) mass is 265 g/mol. The molecule has 0 fully saturated rings. The minimum absolute atomic E-state index is 0.316. The van der Waals surface area contributed by atoms with Gasteiger partial charge < -0.3 is 0 Å². The van der Waals surface area contributed by atoms with Gasteiger partial charge in [0.2, 0.25) is 0 Å². The standard InChI is InChI=1S/C13H13ClFN3/c1-8-4-9(2-3-12(8)14)13(18-16)10-5-11(15)7-17-6-10/h2-7,13,18H,16H2,1H3. The van der Waals surface area contributed by atoms with E-state index < -0.39 is 5.82 Å². The first-order chi connectivity index (χ1) is 8.61. The minimum Gasteiger partial charge on any atom is -0.271 e. The summed E-state index contributed by atoms with van der Waals surface area (Å²) in [6.45, 7) is 1.91. The molecule has 18 heavy (non-hydrogen) atoms. The number of rotatable bonds is 3. The van der Waals surface area contributed by atoms with Crippen molar-refractivity contribution in [2.45, 2.75) is 13.0 Å². The molecule has 0 radical (unpaired) electrons. The highest BCUT2D eigenvalue weighted by Crippen LogP contribution is 2.25. The van der Waals surface area contributed by atoms with Crippen molar-refractivity contribution in [2.75, 3.05) is 0 Å². The molecule has 1 unspecified atom stereocenters. The summed E-state index contributed by atoms with van der Waals surface area (Å²) in [7, 11) is 0. The Morgan fingerprint density at radius 3 is 2.67 bits per heavy atom. The molecule has 94 valence electrons. The highest BCUT2D eigenvalue weighted by Gasteiger charge is 2.14. The second kappa shape index (κ2) is 5.44. The van der Waals surface area contributed by atoms with Crippen LogP contribution in [0.15, 0.2) is 36.7 Å². The molecule has 0 bridgehead atoms. The summed E-state index contributed by atoms with van der Waals surface area (Å²) in [4.78, 5) is 3.82. The van der Waals surface area contributed by atoms with E-state index in [-0.39, 0.29) is 6.04 Å². The number of hydrogen-bond acceptors (Lipinski definition) is 3. The molecule has 5 heteroatoms. The van der Waals surface area contributed by atoms with Crippen LogP contribution in [-0.4, -0.2) is 4.98 Å². The summed E-state index contributed by atoms with van der Waals surface area (Å²) in [6.07, 6.45) is 2.74. The molecule has 0 aliphatic heterocycles. The zero-order valence-corrected chi connectivity index (χ0v) is 10.6. The molecule has 1 aromatic heterocycles. The quantitative estimate of drug-likeness (QED) is 0.663. The molecule has 1 aromatic carbocycles. The first-order valence-electron chi connectivity index (χ1n) is 5.44. The van der Waals surface area contributed by atoms with E-state index in [1.807, 2.05) is 19.1 Å². The Morgan fingerprint density at radius 2 is 2.06 bits per heavy atom. The Labute approximate surface area is 110 Å². The molecule has 0 aliphatic carbocycles. The predicted octanol–water partition coefficient (Wildman–Crippen LogP) is 2.74. The first kappa shape index (κ1) is 13.0. The van der Waals surface area contributed by atoms with E-state index >= 15 is 0 Å². The van der Waals surface area contributed by atoms with E-state index in [9.17, 15) is 4.39 Å². The smallest absolute Gasteiger partial charge is 0.141 e. The van der Waals surface area contributed by atoms with Crippen molar-refractivity contribution in [1.82, 2.24) is 10.4 Å². The maximum absolute atomic E-state index is 13.2. The third kappa shape index (κ3) is 2.67. The fourth-order valence-electron chi connectivity index (χ4n) is 1.82. The largest absolute Gasteiger partial charge is 0.271 e. The lowest BCUT2D eigenvalue weighted by Crippen LogP contribution is -2.29. The van der Waals surface area contributed by atoms with Crippen LogP contribution in [0.4, 0.5) is 4.39 Å². The Bertz CT molecular complexity index is 560. The average Bonchev–Trinajstić information content (AvgIpc) is 2.35. The summed E-state index contributed by atoms with van der Waals surface area (Å²) in [5, 5.41) is 0.687. The van der Waals surface area contributed by atoms with Crippen LogP contribution >= 0.6 is 11.6 Å². The van der Waals surface area contributed by atoms with Crippen LogP contribution in [0.5, 0.6) is 0 Å². The number of aromatic nitrogens is 1. The van der Waals surface area contributed by atoms with Crippen LogP contribution in [0.3, 0.4) is 0 Å². The van der Waals surface area contributed by atoms with Crippen LogP contribution in [0, 0.1) is 12.7 Å². The maximum Gasteiger partial charge on any atom is 0.141 e. The molecule has 0 saturated heterocycles. The molecule has 0 saturated carbocycles. The molecule has 1 heterocycles. The summed E-state index contributed by atoms with van der Waals surface area (Å²) in [5.41, 5.74) is 5.18. The first-order valence-corrected chi connectivity index (χ1v) is 5.82. The van der Waals surface area contributed by atoms with Crippen LogP contribution in [0.2, 0.25) is 5.02 Å². The number of aryl methyl sites for hydroxylation is 1. The van der Waals surface area contributed by atoms with Gasteiger partial charge in [-0.2, -0.15) is 0 Å². The van der Waals surface area contributed by atoms with Crippen molar-refractivity contribution in [3.8, 4) is 0 Å². The topological polar surface area (TPSA) is 50.9 Å². The SMILES string of the molecule is Cc1cc(C(NN)c2cncc(F)c2)ccc1Cl. The summed E-state index contributed by atoms with van der Waals surface area (Å²) < 4.78 is 13.2. The van der Waals surface area contributed by atoms with E-state index in [0.717, 1.165) is 17.3 Å². The van der Waals surface area contributed by atoms with Crippen LogP contribution in [-0.2, 0) is 0 Å². The number of nitrogens with one attached hydrogen (secondary N) is 1. The molecular weight excluding hydrogens is 253 g/mol. The van der Waals surface area contributed by atoms with E-state index in [4.69, 9.17) is 17.4 Å². The van der Waals surface area contributed by atoms with Crippen molar-refractivity contribution in [2.24, 2.45) is 5.84 Å². The molecule has 0 amide bonds. The number of hydrogen-bond donors (Lipinski definition) is 2. The third-order valence-electron chi connectivity index (χ3n) is 2.74.